The van der Waals surface area contributed by atoms with Crippen molar-refractivity contribution in [3.8, 4) is 11.3 Å². The number of nitro groups is 1. The number of furan rings is 1. The third-order valence-corrected chi connectivity index (χ3v) is 3.79. The molecule has 0 unspecified atom stereocenters. The first-order valence-corrected chi connectivity index (χ1v) is 7.62. The van der Waals surface area contributed by atoms with Gasteiger partial charge < -0.3 is 4.42 Å². The minimum Gasteiger partial charge on any atom is -0.400 e. The van der Waals surface area contributed by atoms with E-state index in [0.717, 1.165) is 11.3 Å². The monoisotopic (exact) mass is 348 g/mol. The number of hydrazone groups is 1. The zero-order valence-electron chi connectivity index (χ0n) is 11.5. The number of hydrogen-bond acceptors (Lipinski definition) is 7. The number of benzene rings is 1. The van der Waals surface area contributed by atoms with Crippen molar-refractivity contribution in [1.82, 2.24) is 4.98 Å². The van der Waals surface area contributed by atoms with E-state index in [-0.39, 0.29) is 11.6 Å². The first kappa shape index (κ1) is 15.2. The van der Waals surface area contributed by atoms with E-state index < -0.39 is 4.92 Å². The predicted molar refractivity (Wildman–Crippen MR) is 89.1 cm³/mol. The van der Waals surface area contributed by atoms with Crippen molar-refractivity contribution in [2.45, 2.75) is 0 Å². The molecule has 9 heteroatoms. The molecule has 0 spiro atoms. The minimum absolute atomic E-state index is 0.277. The van der Waals surface area contributed by atoms with Crippen molar-refractivity contribution < 1.29 is 9.34 Å². The van der Waals surface area contributed by atoms with Gasteiger partial charge in [-0.2, -0.15) is 5.10 Å². The number of thiazole rings is 1. The van der Waals surface area contributed by atoms with Crippen LogP contribution in [0, 0.1) is 10.1 Å². The van der Waals surface area contributed by atoms with E-state index in [1.807, 2.05) is 17.5 Å². The molecule has 23 heavy (non-hydrogen) atoms. The molecule has 0 amide bonds. The van der Waals surface area contributed by atoms with E-state index in [1.165, 1.54) is 29.7 Å². The Kier molecular flexibility index (Phi) is 4.35. The fourth-order valence-corrected chi connectivity index (χ4v) is 2.53. The van der Waals surface area contributed by atoms with Gasteiger partial charge in [0.05, 0.1) is 18.0 Å². The van der Waals surface area contributed by atoms with Crippen LogP contribution in [0.2, 0.25) is 5.02 Å². The van der Waals surface area contributed by atoms with Gasteiger partial charge in [0.2, 0.25) is 5.13 Å². The second-order valence-corrected chi connectivity index (χ2v) is 5.64. The molecule has 0 saturated carbocycles. The molecule has 0 radical (unpaired) electrons. The molecule has 1 aromatic carbocycles. The molecule has 7 nitrogen and oxygen atoms in total. The molecule has 116 valence electrons. The number of aromatic nitrogens is 1. The van der Waals surface area contributed by atoms with Crippen LogP contribution in [0.3, 0.4) is 0 Å². The van der Waals surface area contributed by atoms with E-state index in [2.05, 4.69) is 15.5 Å². The van der Waals surface area contributed by atoms with Gasteiger partial charge in [-0.05, 0) is 18.2 Å². The van der Waals surface area contributed by atoms with Crippen molar-refractivity contribution in [3.05, 3.63) is 62.7 Å². The van der Waals surface area contributed by atoms with Crippen LogP contribution in [0.25, 0.3) is 11.3 Å². The number of halogens is 1. The quantitative estimate of drug-likeness (QED) is 0.418. The Morgan fingerprint density at radius 1 is 1.30 bits per heavy atom. The second-order valence-electron chi connectivity index (χ2n) is 4.35. The number of rotatable bonds is 5. The standard InChI is InChI=1S/C14H9ClN4O3S/c15-10-3-1-9(2-4-10)12-8-23-14(17-12)18-16-7-11-5-6-13(22-11)19(20)21/h1-8H,(H,17,18)/b16-7+. The third-order valence-electron chi connectivity index (χ3n) is 2.79. The van der Waals surface area contributed by atoms with Crippen LogP contribution in [0.15, 0.2) is 51.3 Å². The average molecular weight is 349 g/mol. The maximum absolute atomic E-state index is 10.5. The lowest BCUT2D eigenvalue weighted by Crippen LogP contribution is -1.89. The predicted octanol–water partition coefficient (Wildman–Crippen LogP) is 4.41. The van der Waals surface area contributed by atoms with Crippen LogP contribution >= 0.6 is 22.9 Å². The summed E-state index contributed by atoms with van der Waals surface area (Å²) in [6.45, 7) is 0. The van der Waals surface area contributed by atoms with Gasteiger partial charge in [-0.3, -0.25) is 15.5 Å². The highest BCUT2D eigenvalue weighted by atomic mass is 35.5. The topological polar surface area (TPSA) is 93.6 Å². The van der Waals surface area contributed by atoms with Crippen LogP contribution in [-0.2, 0) is 0 Å². The summed E-state index contributed by atoms with van der Waals surface area (Å²) in [5.41, 5.74) is 4.51. The van der Waals surface area contributed by atoms with Gasteiger partial charge in [0.1, 0.15) is 4.92 Å². The lowest BCUT2D eigenvalue weighted by atomic mass is 10.2. The molecule has 0 bridgehead atoms. The van der Waals surface area contributed by atoms with Gasteiger partial charge in [-0.1, -0.05) is 23.7 Å². The van der Waals surface area contributed by atoms with Crippen LogP contribution < -0.4 is 5.43 Å². The molecule has 2 aromatic heterocycles. The average Bonchev–Trinajstić information content (AvgIpc) is 3.18. The molecule has 2 heterocycles. The summed E-state index contributed by atoms with van der Waals surface area (Å²) >= 11 is 7.24. The highest BCUT2D eigenvalue weighted by molar-refractivity contribution is 7.14. The number of nitrogens with one attached hydrogen (secondary N) is 1. The second kappa shape index (κ2) is 6.59. The largest absolute Gasteiger partial charge is 0.433 e. The summed E-state index contributed by atoms with van der Waals surface area (Å²) in [6, 6.07) is 10.1. The number of hydrogen-bond donors (Lipinski definition) is 1. The summed E-state index contributed by atoms with van der Waals surface area (Å²) in [5.74, 6) is -0.0515. The first-order valence-electron chi connectivity index (χ1n) is 6.36. The highest BCUT2D eigenvalue weighted by Crippen LogP contribution is 2.26. The van der Waals surface area contributed by atoms with Crippen LogP contribution in [0.1, 0.15) is 5.76 Å². The van der Waals surface area contributed by atoms with E-state index in [4.69, 9.17) is 16.0 Å². The summed E-state index contributed by atoms with van der Waals surface area (Å²) in [5, 5.41) is 17.6. The molecular formula is C14H9ClN4O3S. The Morgan fingerprint density at radius 3 is 2.78 bits per heavy atom. The maximum atomic E-state index is 10.5. The molecule has 0 fully saturated rings. The van der Waals surface area contributed by atoms with Gasteiger partial charge in [0.25, 0.3) is 0 Å². The Hall–Kier alpha value is -2.71. The molecule has 0 saturated heterocycles. The third kappa shape index (κ3) is 3.74. The van der Waals surface area contributed by atoms with Gasteiger partial charge in [0.15, 0.2) is 5.76 Å². The Bertz CT molecular complexity index is 857. The Balaban J connectivity index is 1.65. The lowest BCUT2D eigenvalue weighted by Gasteiger charge is -1.96. The zero-order chi connectivity index (χ0) is 16.2. The van der Waals surface area contributed by atoms with Gasteiger partial charge in [0, 0.05) is 16.0 Å². The fourth-order valence-electron chi connectivity index (χ4n) is 1.74. The van der Waals surface area contributed by atoms with Crippen LogP contribution in [-0.4, -0.2) is 16.1 Å². The molecule has 3 aromatic rings. The van der Waals surface area contributed by atoms with Crippen LogP contribution in [0.4, 0.5) is 11.0 Å². The fraction of sp³-hybridized carbons (Fsp3) is 0. The molecule has 0 aliphatic carbocycles. The number of nitrogens with zero attached hydrogens (tertiary/aromatic N) is 3. The summed E-state index contributed by atoms with van der Waals surface area (Å²) in [6.07, 6.45) is 1.34. The Morgan fingerprint density at radius 2 is 2.09 bits per heavy atom. The van der Waals surface area contributed by atoms with Gasteiger partial charge in [-0.25, -0.2) is 4.98 Å². The summed E-state index contributed by atoms with van der Waals surface area (Å²) < 4.78 is 4.95. The summed E-state index contributed by atoms with van der Waals surface area (Å²) in [4.78, 5) is 14.3. The van der Waals surface area contributed by atoms with Crippen molar-refractivity contribution in [3.63, 3.8) is 0 Å². The molecule has 0 atom stereocenters. The zero-order valence-corrected chi connectivity index (χ0v) is 13.0. The molecule has 0 aliphatic rings. The van der Waals surface area contributed by atoms with E-state index in [9.17, 15) is 10.1 Å². The Labute approximate surface area is 139 Å². The molecule has 3 rings (SSSR count). The number of anilines is 1. The van der Waals surface area contributed by atoms with E-state index in [0.29, 0.717) is 10.2 Å². The van der Waals surface area contributed by atoms with Gasteiger partial charge in [-0.15, -0.1) is 11.3 Å². The van der Waals surface area contributed by atoms with Crippen molar-refractivity contribution in [2.24, 2.45) is 5.10 Å². The van der Waals surface area contributed by atoms with E-state index >= 15 is 0 Å². The highest BCUT2D eigenvalue weighted by Gasteiger charge is 2.10. The molecular weight excluding hydrogens is 340 g/mol. The SMILES string of the molecule is O=[N+]([O-])c1ccc(/C=N/Nc2nc(-c3ccc(Cl)cc3)cs2)o1. The van der Waals surface area contributed by atoms with Crippen molar-refractivity contribution in [2.75, 3.05) is 5.43 Å². The smallest absolute Gasteiger partial charge is 0.400 e. The minimum atomic E-state index is -0.607. The van der Waals surface area contributed by atoms with Crippen molar-refractivity contribution in [1.29, 1.82) is 0 Å². The maximum Gasteiger partial charge on any atom is 0.433 e. The first-order chi connectivity index (χ1) is 11.1. The van der Waals surface area contributed by atoms with Gasteiger partial charge >= 0.3 is 5.88 Å². The van der Waals surface area contributed by atoms with Crippen molar-refractivity contribution >= 4 is 40.2 Å². The molecule has 0 aliphatic heterocycles. The summed E-state index contributed by atoms with van der Waals surface area (Å²) in [7, 11) is 0. The lowest BCUT2D eigenvalue weighted by molar-refractivity contribution is -0.402. The van der Waals surface area contributed by atoms with Crippen LogP contribution in [0.5, 0.6) is 0 Å². The van der Waals surface area contributed by atoms with E-state index in [1.54, 1.807) is 12.1 Å². The molecule has 1 N–H and O–H groups in total. The normalized spacial score (nSPS) is 11.0.